The maximum Gasteiger partial charge on any atom is 0.308 e. The van der Waals surface area contributed by atoms with Crippen LogP contribution in [-0.2, 0) is 14.4 Å². The lowest BCUT2D eigenvalue weighted by Crippen LogP contribution is -2.36. The maximum absolute atomic E-state index is 12.2. The first kappa shape index (κ1) is 12.9. The largest absolute Gasteiger partial charge is 0.481 e. The van der Waals surface area contributed by atoms with Crippen LogP contribution in [0.1, 0.15) is 13.3 Å². The number of rotatable bonds is 2. The molecule has 0 radical (unpaired) electrons. The molecule has 0 aliphatic carbocycles. The fourth-order valence-corrected chi connectivity index (χ4v) is 2.76. The average molecular weight is 254 g/mol. The lowest BCUT2D eigenvalue weighted by molar-refractivity contribution is -0.142. The van der Waals surface area contributed by atoms with E-state index in [4.69, 9.17) is 5.11 Å². The van der Waals surface area contributed by atoms with Crippen molar-refractivity contribution < 1.29 is 19.5 Å². The summed E-state index contributed by atoms with van der Waals surface area (Å²) in [7, 11) is 1.68. The first-order valence-electron chi connectivity index (χ1n) is 6.15. The second-order valence-corrected chi connectivity index (χ2v) is 5.34. The molecule has 100 valence electrons. The molecule has 0 aromatic rings. The molecule has 3 atom stereocenters. The van der Waals surface area contributed by atoms with Crippen LogP contribution in [0.3, 0.4) is 0 Å². The summed E-state index contributed by atoms with van der Waals surface area (Å²) in [5.74, 6) is -1.76. The minimum atomic E-state index is -0.850. The zero-order chi connectivity index (χ0) is 13.4. The summed E-state index contributed by atoms with van der Waals surface area (Å²) in [5, 5.41) is 9.03. The van der Waals surface area contributed by atoms with Gasteiger partial charge in [0.05, 0.1) is 11.8 Å². The van der Waals surface area contributed by atoms with Gasteiger partial charge in [-0.3, -0.25) is 14.4 Å². The van der Waals surface area contributed by atoms with Gasteiger partial charge in [0.25, 0.3) is 0 Å². The highest BCUT2D eigenvalue weighted by molar-refractivity contribution is 5.89. The highest BCUT2D eigenvalue weighted by atomic mass is 16.4. The number of nitrogens with zero attached hydrogens (tertiary/aromatic N) is 2. The molecule has 6 heteroatoms. The summed E-state index contributed by atoms with van der Waals surface area (Å²) in [6.07, 6.45) is 0.248. The number of hydrogen-bond acceptors (Lipinski definition) is 3. The van der Waals surface area contributed by atoms with Gasteiger partial charge in [-0.25, -0.2) is 0 Å². The number of carboxylic acids is 1. The van der Waals surface area contributed by atoms with E-state index in [0.29, 0.717) is 13.1 Å². The van der Waals surface area contributed by atoms with E-state index in [2.05, 4.69) is 0 Å². The Hall–Kier alpha value is -1.59. The van der Waals surface area contributed by atoms with Gasteiger partial charge in [-0.1, -0.05) is 6.92 Å². The van der Waals surface area contributed by atoms with Crippen LogP contribution in [0.25, 0.3) is 0 Å². The van der Waals surface area contributed by atoms with Crippen molar-refractivity contribution >= 4 is 17.8 Å². The molecule has 3 unspecified atom stereocenters. The molecule has 2 heterocycles. The van der Waals surface area contributed by atoms with E-state index in [-0.39, 0.29) is 36.6 Å². The van der Waals surface area contributed by atoms with E-state index >= 15 is 0 Å². The van der Waals surface area contributed by atoms with Crippen molar-refractivity contribution in [3.05, 3.63) is 0 Å². The molecule has 2 saturated heterocycles. The molecule has 2 aliphatic rings. The van der Waals surface area contributed by atoms with Crippen LogP contribution in [0, 0.1) is 17.8 Å². The third-order valence-electron chi connectivity index (χ3n) is 3.93. The van der Waals surface area contributed by atoms with Gasteiger partial charge < -0.3 is 14.9 Å². The molecule has 2 amide bonds. The SMILES string of the molecule is CC1CN(C(=O)C2CC(=O)N(C)C2)CC1C(=O)O. The average Bonchev–Trinajstić information content (AvgIpc) is 2.82. The van der Waals surface area contributed by atoms with Gasteiger partial charge in [0.2, 0.25) is 11.8 Å². The highest BCUT2D eigenvalue weighted by Crippen LogP contribution is 2.27. The zero-order valence-corrected chi connectivity index (χ0v) is 10.6. The summed E-state index contributed by atoms with van der Waals surface area (Å²) in [6, 6.07) is 0. The Labute approximate surface area is 106 Å². The fraction of sp³-hybridized carbons (Fsp3) is 0.750. The summed E-state index contributed by atoms with van der Waals surface area (Å²) in [5.41, 5.74) is 0. The number of likely N-dealkylation sites (tertiary alicyclic amines) is 2. The van der Waals surface area contributed by atoms with Gasteiger partial charge in [-0.05, 0) is 5.92 Å². The number of amides is 2. The number of carbonyl (C=O) groups excluding carboxylic acids is 2. The Kier molecular flexibility index (Phi) is 3.28. The van der Waals surface area contributed by atoms with Crippen LogP contribution in [0.15, 0.2) is 0 Å². The van der Waals surface area contributed by atoms with Gasteiger partial charge in [0, 0.05) is 33.1 Å². The first-order chi connectivity index (χ1) is 8.40. The molecule has 2 fully saturated rings. The van der Waals surface area contributed by atoms with Crippen LogP contribution in [0.2, 0.25) is 0 Å². The van der Waals surface area contributed by atoms with Crippen LogP contribution in [-0.4, -0.2) is 59.4 Å². The zero-order valence-electron chi connectivity index (χ0n) is 10.6. The molecular weight excluding hydrogens is 236 g/mol. The van der Waals surface area contributed by atoms with Crippen molar-refractivity contribution in [2.45, 2.75) is 13.3 Å². The topological polar surface area (TPSA) is 77.9 Å². The molecule has 0 saturated carbocycles. The summed E-state index contributed by atoms with van der Waals surface area (Å²) in [4.78, 5) is 37.8. The van der Waals surface area contributed by atoms with Gasteiger partial charge in [-0.2, -0.15) is 0 Å². The lowest BCUT2D eigenvalue weighted by Gasteiger charge is -2.19. The maximum atomic E-state index is 12.2. The number of hydrogen-bond donors (Lipinski definition) is 1. The predicted octanol–water partition coefficient (Wildman–Crippen LogP) is -0.356. The molecule has 0 aromatic heterocycles. The second-order valence-electron chi connectivity index (χ2n) is 5.34. The highest BCUT2D eigenvalue weighted by Gasteiger charge is 2.41. The number of aliphatic carboxylic acids is 1. The summed E-state index contributed by atoms with van der Waals surface area (Å²) >= 11 is 0. The molecule has 0 bridgehead atoms. The number of carbonyl (C=O) groups is 3. The standard InChI is InChI=1S/C12H18N2O4/c1-7-4-14(6-9(7)12(17)18)11(16)8-3-10(15)13(2)5-8/h7-9H,3-6H2,1-2H3,(H,17,18). The van der Waals surface area contributed by atoms with E-state index in [9.17, 15) is 14.4 Å². The fourth-order valence-electron chi connectivity index (χ4n) is 2.76. The van der Waals surface area contributed by atoms with Crippen molar-refractivity contribution in [1.82, 2.24) is 9.80 Å². The van der Waals surface area contributed by atoms with Gasteiger partial charge >= 0.3 is 5.97 Å². The third kappa shape index (κ3) is 2.19. The lowest BCUT2D eigenvalue weighted by atomic mass is 9.99. The Morgan fingerprint density at radius 2 is 1.94 bits per heavy atom. The van der Waals surface area contributed by atoms with Crippen molar-refractivity contribution in [3.8, 4) is 0 Å². The molecule has 2 aliphatic heterocycles. The number of carboxylic acid groups (broad SMARTS) is 1. The van der Waals surface area contributed by atoms with E-state index in [1.807, 2.05) is 6.92 Å². The smallest absolute Gasteiger partial charge is 0.308 e. The predicted molar refractivity (Wildman–Crippen MR) is 62.6 cm³/mol. The summed E-state index contributed by atoms with van der Waals surface area (Å²) < 4.78 is 0. The first-order valence-corrected chi connectivity index (χ1v) is 6.15. The van der Waals surface area contributed by atoms with Gasteiger partial charge in [-0.15, -0.1) is 0 Å². The van der Waals surface area contributed by atoms with E-state index in [1.54, 1.807) is 16.8 Å². The molecule has 2 rings (SSSR count). The van der Waals surface area contributed by atoms with Crippen LogP contribution in [0.4, 0.5) is 0 Å². The van der Waals surface area contributed by atoms with Crippen molar-refractivity contribution in [1.29, 1.82) is 0 Å². The second kappa shape index (κ2) is 4.59. The van der Waals surface area contributed by atoms with Gasteiger partial charge in [0.15, 0.2) is 0 Å². The third-order valence-corrected chi connectivity index (χ3v) is 3.93. The normalized spacial score (nSPS) is 32.1. The molecule has 1 N–H and O–H groups in total. The quantitative estimate of drug-likeness (QED) is 0.730. The van der Waals surface area contributed by atoms with Crippen LogP contribution < -0.4 is 0 Å². The van der Waals surface area contributed by atoms with Crippen molar-refractivity contribution in [3.63, 3.8) is 0 Å². The van der Waals surface area contributed by atoms with Crippen LogP contribution in [0.5, 0.6) is 0 Å². The molecule has 18 heavy (non-hydrogen) atoms. The molecule has 6 nitrogen and oxygen atoms in total. The van der Waals surface area contributed by atoms with Crippen molar-refractivity contribution in [2.24, 2.45) is 17.8 Å². The Balaban J connectivity index is 1.99. The molecule has 0 aromatic carbocycles. The van der Waals surface area contributed by atoms with Crippen molar-refractivity contribution in [2.75, 3.05) is 26.7 Å². The van der Waals surface area contributed by atoms with Gasteiger partial charge in [0.1, 0.15) is 0 Å². The molecular formula is C12H18N2O4. The van der Waals surface area contributed by atoms with E-state index in [0.717, 1.165) is 0 Å². The molecule has 0 spiro atoms. The minimum Gasteiger partial charge on any atom is -0.481 e. The monoisotopic (exact) mass is 254 g/mol. The van der Waals surface area contributed by atoms with E-state index < -0.39 is 11.9 Å². The summed E-state index contributed by atoms with van der Waals surface area (Å²) in [6.45, 7) is 3.03. The Morgan fingerprint density at radius 1 is 1.28 bits per heavy atom. The Bertz CT molecular complexity index is 396. The Morgan fingerprint density at radius 3 is 2.39 bits per heavy atom. The van der Waals surface area contributed by atoms with Crippen LogP contribution >= 0.6 is 0 Å². The van der Waals surface area contributed by atoms with E-state index in [1.165, 1.54) is 0 Å². The minimum absolute atomic E-state index is 0.0182.